The molecule has 0 bridgehead atoms. The van der Waals surface area contributed by atoms with Crippen LogP contribution in [0.1, 0.15) is 27.2 Å². The molecule has 0 saturated heterocycles. The molecule has 0 spiro atoms. The number of nitrogens with zero attached hydrogens (tertiary/aromatic N) is 2. The van der Waals surface area contributed by atoms with Gasteiger partial charge in [0.25, 0.3) is 0 Å². The van der Waals surface area contributed by atoms with Crippen LogP contribution in [-0.2, 0) is 5.54 Å². The van der Waals surface area contributed by atoms with Gasteiger partial charge < -0.3 is 4.57 Å². The normalized spacial score (nSPS) is 12.2. The first-order chi connectivity index (χ1) is 6.65. The molecular weight excluding hydrogens is 172 g/mol. The van der Waals surface area contributed by atoms with E-state index in [9.17, 15) is 0 Å². The fourth-order valence-corrected chi connectivity index (χ4v) is 1.66. The lowest BCUT2D eigenvalue weighted by Crippen LogP contribution is -2.23. The summed E-state index contributed by atoms with van der Waals surface area (Å²) in [5.74, 6) is 0. The molecule has 0 radical (unpaired) electrons. The highest BCUT2D eigenvalue weighted by Gasteiger charge is 2.18. The van der Waals surface area contributed by atoms with Crippen LogP contribution in [-0.4, -0.2) is 9.55 Å². The average Bonchev–Trinajstić information content (AvgIpc) is 2.61. The Bertz CT molecular complexity index is 440. The lowest BCUT2D eigenvalue weighted by molar-refractivity contribution is 0.354. The zero-order valence-corrected chi connectivity index (χ0v) is 8.99. The third-order valence-electron chi connectivity index (χ3n) is 2.97. The number of fused-ring (bicyclic) bond motifs is 1. The van der Waals surface area contributed by atoms with Crippen molar-refractivity contribution in [2.75, 3.05) is 0 Å². The van der Waals surface area contributed by atoms with Crippen LogP contribution >= 0.6 is 0 Å². The van der Waals surface area contributed by atoms with E-state index >= 15 is 0 Å². The predicted molar refractivity (Wildman–Crippen MR) is 59.3 cm³/mol. The SMILES string of the molecule is CCC(C)(C)n1ccc2ncccc21. The maximum Gasteiger partial charge on any atom is 0.0881 e. The molecule has 2 heterocycles. The second-order valence-corrected chi connectivity index (χ2v) is 4.26. The maximum atomic E-state index is 4.33. The van der Waals surface area contributed by atoms with Gasteiger partial charge in [-0.1, -0.05) is 6.92 Å². The topological polar surface area (TPSA) is 17.8 Å². The highest BCUT2D eigenvalue weighted by Crippen LogP contribution is 2.25. The summed E-state index contributed by atoms with van der Waals surface area (Å²) in [6.45, 7) is 6.71. The van der Waals surface area contributed by atoms with E-state index < -0.39 is 0 Å². The van der Waals surface area contributed by atoms with Gasteiger partial charge in [-0.2, -0.15) is 0 Å². The van der Waals surface area contributed by atoms with Crippen molar-refractivity contribution in [3.05, 3.63) is 30.6 Å². The molecule has 0 fully saturated rings. The van der Waals surface area contributed by atoms with Gasteiger partial charge in [0, 0.05) is 17.9 Å². The van der Waals surface area contributed by atoms with Gasteiger partial charge in [0.15, 0.2) is 0 Å². The zero-order valence-electron chi connectivity index (χ0n) is 8.99. The van der Waals surface area contributed by atoms with E-state index in [1.165, 1.54) is 5.52 Å². The van der Waals surface area contributed by atoms with Crippen LogP contribution < -0.4 is 0 Å². The van der Waals surface area contributed by atoms with Crippen LogP contribution in [0.2, 0.25) is 0 Å². The van der Waals surface area contributed by atoms with Crippen molar-refractivity contribution < 1.29 is 0 Å². The number of pyridine rings is 1. The number of hydrogen-bond acceptors (Lipinski definition) is 1. The van der Waals surface area contributed by atoms with Crippen molar-refractivity contribution in [3.63, 3.8) is 0 Å². The van der Waals surface area contributed by atoms with Crippen molar-refractivity contribution >= 4 is 11.0 Å². The molecule has 2 rings (SSSR count). The Balaban J connectivity index is 2.64. The molecule has 2 aromatic heterocycles. The van der Waals surface area contributed by atoms with Crippen LogP contribution in [0.4, 0.5) is 0 Å². The molecule has 0 aliphatic carbocycles. The third-order valence-corrected chi connectivity index (χ3v) is 2.97. The average molecular weight is 188 g/mol. The molecule has 2 aromatic rings. The van der Waals surface area contributed by atoms with Crippen molar-refractivity contribution in [3.8, 4) is 0 Å². The van der Waals surface area contributed by atoms with E-state index in [1.54, 1.807) is 0 Å². The van der Waals surface area contributed by atoms with Gasteiger partial charge >= 0.3 is 0 Å². The Morgan fingerprint density at radius 1 is 1.36 bits per heavy atom. The van der Waals surface area contributed by atoms with Gasteiger partial charge in [-0.15, -0.1) is 0 Å². The van der Waals surface area contributed by atoms with E-state index in [1.807, 2.05) is 12.3 Å². The Labute approximate surface area is 84.6 Å². The molecule has 2 nitrogen and oxygen atoms in total. The van der Waals surface area contributed by atoms with E-state index in [4.69, 9.17) is 0 Å². The second kappa shape index (κ2) is 3.12. The molecule has 14 heavy (non-hydrogen) atoms. The van der Waals surface area contributed by atoms with Crippen molar-refractivity contribution in [2.24, 2.45) is 0 Å². The van der Waals surface area contributed by atoms with Gasteiger partial charge in [-0.25, -0.2) is 0 Å². The summed E-state index contributed by atoms with van der Waals surface area (Å²) in [6.07, 6.45) is 5.08. The summed E-state index contributed by atoms with van der Waals surface area (Å²) in [6, 6.07) is 6.19. The summed E-state index contributed by atoms with van der Waals surface area (Å²) in [7, 11) is 0. The summed E-state index contributed by atoms with van der Waals surface area (Å²) in [5.41, 5.74) is 2.47. The number of aromatic nitrogens is 2. The fourth-order valence-electron chi connectivity index (χ4n) is 1.66. The molecule has 0 aliphatic rings. The highest BCUT2D eigenvalue weighted by atomic mass is 15.0. The van der Waals surface area contributed by atoms with Gasteiger partial charge in [-0.05, 0) is 38.5 Å². The van der Waals surface area contributed by atoms with Crippen LogP contribution in [0.25, 0.3) is 11.0 Å². The first kappa shape index (κ1) is 9.25. The predicted octanol–water partition coefficient (Wildman–Crippen LogP) is 3.18. The molecule has 0 aliphatic heterocycles. The van der Waals surface area contributed by atoms with Crippen LogP contribution in [0, 0.1) is 0 Å². The van der Waals surface area contributed by atoms with E-state index in [-0.39, 0.29) is 5.54 Å². The fraction of sp³-hybridized carbons (Fsp3) is 0.417. The number of rotatable bonds is 2. The van der Waals surface area contributed by atoms with Crippen molar-refractivity contribution in [2.45, 2.75) is 32.7 Å². The van der Waals surface area contributed by atoms with Gasteiger partial charge in [0.05, 0.1) is 11.0 Å². The molecular formula is C12H16N2. The Morgan fingerprint density at radius 3 is 2.86 bits per heavy atom. The van der Waals surface area contributed by atoms with Gasteiger partial charge in [-0.3, -0.25) is 4.98 Å². The van der Waals surface area contributed by atoms with Crippen LogP contribution in [0.5, 0.6) is 0 Å². The minimum atomic E-state index is 0.171. The van der Waals surface area contributed by atoms with Crippen LogP contribution in [0.15, 0.2) is 30.6 Å². The lowest BCUT2D eigenvalue weighted by atomic mass is 10.0. The molecule has 0 amide bonds. The minimum absolute atomic E-state index is 0.171. The molecule has 0 aromatic carbocycles. The molecule has 0 N–H and O–H groups in total. The smallest absolute Gasteiger partial charge is 0.0881 e. The molecule has 0 unspecified atom stereocenters. The first-order valence-corrected chi connectivity index (χ1v) is 5.08. The highest BCUT2D eigenvalue weighted by molar-refractivity contribution is 5.75. The van der Waals surface area contributed by atoms with E-state index in [2.05, 4.69) is 48.7 Å². The monoisotopic (exact) mass is 188 g/mol. The van der Waals surface area contributed by atoms with E-state index in [0.29, 0.717) is 0 Å². The zero-order chi connectivity index (χ0) is 10.2. The van der Waals surface area contributed by atoms with Gasteiger partial charge in [0.2, 0.25) is 0 Å². The van der Waals surface area contributed by atoms with Crippen molar-refractivity contribution in [1.82, 2.24) is 9.55 Å². The summed E-state index contributed by atoms with van der Waals surface area (Å²) >= 11 is 0. The minimum Gasteiger partial charge on any atom is -0.341 e. The maximum absolute atomic E-state index is 4.33. The summed E-state index contributed by atoms with van der Waals surface area (Å²) in [4.78, 5) is 4.33. The third kappa shape index (κ3) is 1.31. The molecule has 0 saturated carbocycles. The second-order valence-electron chi connectivity index (χ2n) is 4.26. The molecule has 74 valence electrons. The Morgan fingerprint density at radius 2 is 2.14 bits per heavy atom. The standard InChI is InChI=1S/C12H16N2/c1-4-12(2,3)14-9-7-10-11(14)6-5-8-13-10/h5-9H,4H2,1-3H3. The Hall–Kier alpha value is -1.31. The van der Waals surface area contributed by atoms with Crippen LogP contribution in [0.3, 0.4) is 0 Å². The first-order valence-electron chi connectivity index (χ1n) is 5.08. The van der Waals surface area contributed by atoms with Crippen molar-refractivity contribution in [1.29, 1.82) is 0 Å². The van der Waals surface area contributed by atoms with E-state index in [0.717, 1.165) is 11.9 Å². The molecule has 2 heteroatoms. The summed E-state index contributed by atoms with van der Waals surface area (Å²) < 4.78 is 2.30. The largest absolute Gasteiger partial charge is 0.341 e. The van der Waals surface area contributed by atoms with Gasteiger partial charge in [0.1, 0.15) is 0 Å². The molecule has 0 atom stereocenters. The lowest BCUT2D eigenvalue weighted by Gasteiger charge is -2.26. The summed E-state index contributed by atoms with van der Waals surface area (Å²) in [5, 5.41) is 0. The quantitative estimate of drug-likeness (QED) is 0.707. The Kier molecular flexibility index (Phi) is 2.06. The number of hydrogen-bond donors (Lipinski definition) is 0.